The van der Waals surface area contributed by atoms with Gasteiger partial charge < -0.3 is 19.3 Å². The van der Waals surface area contributed by atoms with Crippen LogP contribution >= 0.6 is 0 Å². The smallest absolute Gasteiger partial charge is 0.164 e. The van der Waals surface area contributed by atoms with Crippen molar-refractivity contribution >= 4 is 5.78 Å². The van der Waals surface area contributed by atoms with Crippen LogP contribution in [-0.2, 0) is 19.0 Å². The van der Waals surface area contributed by atoms with E-state index in [9.17, 15) is 9.90 Å². The van der Waals surface area contributed by atoms with Crippen LogP contribution < -0.4 is 0 Å². The molecule has 0 saturated carbocycles. The zero-order chi connectivity index (χ0) is 12.4. The number of ketones is 1. The Morgan fingerprint density at radius 3 is 2.53 bits per heavy atom. The molecule has 4 unspecified atom stereocenters. The molecule has 3 saturated heterocycles. The van der Waals surface area contributed by atoms with E-state index in [1.165, 1.54) is 0 Å². The highest BCUT2D eigenvalue weighted by molar-refractivity contribution is 5.79. The van der Waals surface area contributed by atoms with Gasteiger partial charge in [-0.25, -0.2) is 0 Å². The molecule has 6 atom stereocenters. The van der Waals surface area contributed by atoms with Crippen molar-refractivity contribution in [3.05, 3.63) is 0 Å². The third kappa shape index (κ3) is 1.64. The maximum atomic E-state index is 11.6. The Bertz CT molecular complexity index is 353. The molecule has 96 valence electrons. The van der Waals surface area contributed by atoms with E-state index in [1.54, 1.807) is 6.92 Å². The summed E-state index contributed by atoms with van der Waals surface area (Å²) in [6.45, 7) is 5.19. The second-order valence-corrected chi connectivity index (χ2v) is 5.65. The van der Waals surface area contributed by atoms with Crippen molar-refractivity contribution in [2.45, 2.75) is 63.5 Å². The molecule has 3 aliphatic heterocycles. The first kappa shape index (κ1) is 11.6. The quantitative estimate of drug-likeness (QED) is 0.713. The summed E-state index contributed by atoms with van der Waals surface area (Å²) in [5.74, 6) is -0.799. The van der Waals surface area contributed by atoms with Crippen LogP contribution in [0.3, 0.4) is 0 Å². The normalized spacial score (nSPS) is 51.3. The van der Waals surface area contributed by atoms with Crippen LogP contribution in [0.5, 0.6) is 0 Å². The lowest BCUT2D eigenvalue weighted by Gasteiger charge is -2.34. The van der Waals surface area contributed by atoms with E-state index in [2.05, 4.69) is 0 Å². The van der Waals surface area contributed by atoms with E-state index in [-0.39, 0.29) is 36.1 Å². The summed E-state index contributed by atoms with van der Waals surface area (Å²) < 4.78 is 17.2. The van der Waals surface area contributed by atoms with Gasteiger partial charge in [-0.05, 0) is 27.2 Å². The first-order valence-electron chi connectivity index (χ1n) is 6.09. The van der Waals surface area contributed by atoms with Crippen molar-refractivity contribution in [3.8, 4) is 0 Å². The van der Waals surface area contributed by atoms with E-state index in [1.807, 2.05) is 13.8 Å². The van der Waals surface area contributed by atoms with Gasteiger partial charge in [0, 0.05) is 5.92 Å². The van der Waals surface area contributed by atoms with Crippen molar-refractivity contribution in [1.29, 1.82) is 0 Å². The molecule has 3 fully saturated rings. The highest BCUT2D eigenvalue weighted by Crippen LogP contribution is 2.45. The summed E-state index contributed by atoms with van der Waals surface area (Å²) in [6.07, 6.45) is -1.42. The van der Waals surface area contributed by atoms with Crippen LogP contribution in [0.1, 0.15) is 27.2 Å². The molecule has 0 aromatic carbocycles. The fourth-order valence-electron chi connectivity index (χ4n) is 3.21. The SMILES string of the molecule is CC(=O)[C@H]1CC2OC1C1OC(C)(C)OC1[C@@H]2O. The van der Waals surface area contributed by atoms with Crippen molar-refractivity contribution in [2.75, 3.05) is 0 Å². The highest BCUT2D eigenvalue weighted by atomic mass is 16.8. The van der Waals surface area contributed by atoms with Gasteiger partial charge in [-0.1, -0.05) is 0 Å². The largest absolute Gasteiger partial charge is 0.388 e. The van der Waals surface area contributed by atoms with Gasteiger partial charge in [0.2, 0.25) is 0 Å². The molecule has 0 aromatic rings. The summed E-state index contributed by atoms with van der Waals surface area (Å²) in [6, 6.07) is 0. The molecule has 3 rings (SSSR count). The van der Waals surface area contributed by atoms with Crippen molar-refractivity contribution in [2.24, 2.45) is 5.92 Å². The number of aliphatic hydroxyl groups excluding tert-OH is 1. The van der Waals surface area contributed by atoms with Gasteiger partial charge in [0.1, 0.15) is 24.1 Å². The van der Waals surface area contributed by atoms with Gasteiger partial charge >= 0.3 is 0 Å². The third-order valence-corrected chi connectivity index (χ3v) is 3.94. The van der Waals surface area contributed by atoms with Gasteiger partial charge in [0.05, 0.1) is 12.2 Å². The molecule has 3 heterocycles. The molecular weight excluding hydrogens is 224 g/mol. The van der Waals surface area contributed by atoms with E-state index in [0.29, 0.717) is 6.42 Å². The highest BCUT2D eigenvalue weighted by Gasteiger charge is 2.60. The van der Waals surface area contributed by atoms with Crippen LogP contribution in [0.15, 0.2) is 0 Å². The third-order valence-electron chi connectivity index (χ3n) is 3.94. The molecule has 2 bridgehead atoms. The summed E-state index contributed by atoms with van der Waals surface area (Å²) in [7, 11) is 0. The average Bonchev–Trinajstić information content (AvgIpc) is 2.74. The Hall–Kier alpha value is -0.490. The number of fused-ring (bicyclic) bond motifs is 4. The summed E-state index contributed by atoms with van der Waals surface area (Å²) in [5.41, 5.74) is 0. The molecule has 3 aliphatic rings. The minimum atomic E-state index is -0.717. The summed E-state index contributed by atoms with van der Waals surface area (Å²) in [5, 5.41) is 10.2. The maximum absolute atomic E-state index is 11.6. The molecular formula is C12H18O5. The minimum absolute atomic E-state index is 0.0960. The second-order valence-electron chi connectivity index (χ2n) is 5.65. The van der Waals surface area contributed by atoms with Crippen LogP contribution in [0.4, 0.5) is 0 Å². The fourth-order valence-corrected chi connectivity index (χ4v) is 3.21. The van der Waals surface area contributed by atoms with Crippen LogP contribution in [0, 0.1) is 5.92 Å². The standard InChI is InChI=1S/C12H18O5/c1-5(13)6-4-7-8(14)10-11(9(6)15-7)17-12(2,3)16-10/h6-11,14H,4H2,1-3H3/t6-,7?,8-,9?,10?,11?/m1/s1. The Balaban J connectivity index is 1.90. The number of hydrogen-bond donors (Lipinski definition) is 1. The van der Waals surface area contributed by atoms with Crippen molar-refractivity contribution in [1.82, 2.24) is 0 Å². The summed E-state index contributed by atoms with van der Waals surface area (Å²) >= 11 is 0. The second kappa shape index (κ2) is 3.51. The zero-order valence-corrected chi connectivity index (χ0v) is 10.3. The molecule has 0 radical (unpaired) electrons. The van der Waals surface area contributed by atoms with Crippen LogP contribution in [0.2, 0.25) is 0 Å². The number of rotatable bonds is 1. The van der Waals surface area contributed by atoms with Crippen LogP contribution in [-0.4, -0.2) is 47.2 Å². The van der Waals surface area contributed by atoms with Gasteiger partial charge in [0.25, 0.3) is 0 Å². The number of carbonyl (C=O) groups is 1. The number of aliphatic hydroxyl groups is 1. The number of Topliss-reactive ketones (excluding diaryl/α,β-unsaturated/α-hetero) is 1. The molecule has 0 amide bonds. The van der Waals surface area contributed by atoms with Gasteiger partial charge in [-0.3, -0.25) is 4.79 Å². The van der Waals surface area contributed by atoms with E-state index in [0.717, 1.165) is 0 Å². The summed E-state index contributed by atoms with van der Waals surface area (Å²) in [4.78, 5) is 11.6. The Kier molecular flexibility index (Phi) is 2.39. The van der Waals surface area contributed by atoms with E-state index >= 15 is 0 Å². The molecule has 0 spiro atoms. The lowest BCUT2D eigenvalue weighted by atomic mass is 9.93. The number of ether oxygens (including phenoxy) is 3. The molecule has 5 heteroatoms. The van der Waals surface area contributed by atoms with Crippen molar-refractivity contribution < 1.29 is 24.1 Å². The van der Waals surface area contributed by atoms with Gasteiger partial charge in [-0.2, -0.15) is 0 Å². The fraction of sp³-hybridized carbons (Fsp3) is 0.917. The monoisotopic (exact) mass is 242 g/mol. The van der Waals surface area contributed by atoms with Gasteiger partial charge in [0.15, 0.2) is 5.79 Å². The molecule has 0 aromatic heterocycles. The number of carbonyl (C=O) groups excluding carboxylic acids is 1. The molecule has 0 aliphatic carbocycles. The lowest BCUT2D eigenvalue weighted by Crippen LogP contribution is -2.52. The lowest BCUT2D eigenvalue weighted by molar-refractivity contribution is -0.160. The Labute approximate surface area is 100 Å². The van der Waals surface area contributed by atoms with Crippen molar-refractivity contribution in [3.63, 3.8) is 0 Å². The predicted molar refractivity (Wildman–Crippen MR) is 57.3 cm³/mol. The predicted octanol–water partition coefficient (Wildman–Crippen LogP) is 0.244. The average molecular weight is 242 g/mol. The minimum Gasteiger partial charge on any atom is -0.388 e. The zero-order valence-electron chi connectivity index (χ0n) is 10.3. The Morgan fingerprint density at radius 1 is 1.24 bits per heavy atom. The first-order chi connectivity index (χ1) is 7.89. The maximum Gasteiger partial charge on any atom is 0.164 e. The first-order valence-corrected chi connectivity index (χ1v) is 6.09. The number of hydrogen-bond acceptors (Lipinski definition) is 5. The van der Waals surface area contributed by atoms with E-state index < -0.39 is 11.9 Å². The topological polar surface area (TPSA) is 65.0 Å². The molecule has 5 nitrogen and oxygen atoms in total. The Morgan fingerprint density at radius 2 is 1.88 bits per heavy atom. The van der Waals surface area contributed by atoms with E-state index in [4.69, 9.17) is 14.2 Å². The van der Waals surface area contributed by atoms with Crippen LogP contribution in [0.25, 0.3) is 0 Å². The van der Waals surface area contributed by atoms with Gasteiger partial charge in [-0.15, -0.1) is 0 Å². The molecule has 1 N–H and O–H groups in total. The molecule has 17 heavy (non-hydrogen) atoms.